The Morgan fingerprint density at radius 2 is 0.885 bits per heavy atom. The molecule has 242 valence electrons. The van der Waals surface area contributed by atoms with E-state index in [9.17, 15) is 0 Å². The van der Waals surface area contributed by atoms with E-state index in [1.807, 2.05) is 24.3 Å². The molecule has 0 atom stereocenters. The fourth-order valence-corrected chi connectivity index (χ4v) is 8.19. The summed E-state index contributed by atoms with van der Waals surface area (Å²) in [6, 6.07) is 61.8. The molecule has 0 bridgehead atoms. The van der Waals surface area contributed by atoms with Gasteiger partial charge in [0.15, 0.2) is 0 Å². The van der Waals surface area contributed by atoms with Gasteiger partial charge in [-0.25, -0.2) is 9.97 Å². The van der Waals surface area contributed by atoms with Gasteiger partial charge < -0.3 is 4.42 Å². The summed E-state index contributed by atoms with van der Waals surface area (Å²) in [5.74, 6) is 0.623. The normalized spacial score (nSPS) is 11.8. The molecule has 0 fully saturated rings. The number of furan rings is 1. The summed E-state index contributed by atoms with van der Waals surface area (Å²) < 4.78 is 8.74. The van der Waals surface area contributed by atoms with E-state index in [0.29, 0.717) is 5.95 Å². The number of rotatable bonds is 4. The Bertz CT molecular complexity index is 3120. The third kappa shape index (κ3) is 4.21. The second kappa shape index (κ2) is 11.2. The highest BCUT2D eigenvalue weighted by molar-refractivity contribution is 6.33. The van der Waals surface area contributed by atoms with Gasteiger partial charge in [0.2, 0.25) is 5.95 Å². The molecule has 0 saturated carbocycles. The summed E-state index contributed by atoms with van der Waals surface area (Å²) in [6.45, 7) is 0. The molecule has 0 unspecified atom stereocenters. The number of nitrogens with zero attached hydrogens (tertiary/aromatic N) is 3. The lowest BCUT2D eigenvalue weighted by molar-refractivity contribution is 0.669. The molecular formula is C48H29N3O. The first-order valence-electron chi connectivity index (χ1n) is 17.6. The number of benzene rings is 8. The van der Waals surface area contributed by atoms with Gasteiger partial charge >= 0.3 is 0 Å². The topological polar surface area (TPSA) is 43.9 Å². The molecule has 0 amide bonds. The molecule has 0 aliphatic rings. The van der Waals surface area contributed by atoms with Crippen LogP contribution >= 0.6 is 0 Å². The summed E-state index contributed by atoms with van der Waals surface area (Å²) in [7, 11) is 0. The molecule has 11 rings (SSSR count). The Kier molecular flexibility index (Phi) is 6.22. The van der Waals surface area contributed by atoms with Crippen molar-refractivity contribution in [2.24, 2.45) is 0 Å². The van der Waals surface area contributed by atoms with Crippen LogP contribution < -0.4 is 0 Å². The zero-order valence-electron chi connectivity index (χ0n) is 28.0. The van der Waals surface area contributed by atoms with Gasteiger partial charge in [0.25, 0.3) is 0 Å². The van der Waals surface area contributed by atoms with Crippen molar-refractivity contribution in [3.63, 3.8) is 0 Å². The van der Waals surface area contributed by atoms with E-state index in [2.05, 4.69) is 156 Å². The molecule has 8 aromatic carbocycles. The molecule has 0 radical (unpaired) electrons. The first-order valence-corrected chi connectivity index (χ1v) is 17.6. The van der Waals surface area contributed by atoms with Gasteiger partial charge in [-0.1, -0.05) is 158 Å². The number of para-hydroxylation sites is 2. The Morgan fingerprint density at radius 3 is 1.60 bits per heavy atom. The third-order valence-corrected chi connectivity index (χ3v) is 10.4. The quantitative estimate of drug-likeness (QED) is 0.176. The molecule has 0 aliphatic carbocycles. The van der Waals surface area contributed by atoms with Crippen LogP contribution in [0.15, 0.2) is 180 Å². The Hall–Kier alpha value is -7.04. The fraction of sp³-hybridized carbons (Fsp3) is 0. The molecule has 4 nitrogen and oxygen atoms in total. The molecule has 52 heavy (non-hydrogen) atoms. The molecule has 0 saturated heterocycles. The first kappa shape index (κ1) is 28.8. The SMILES string of the molecule is c1ccc(-c2cc(-c3ccccc3)nc(-n3c4c(-c5cccc6oc7ccccc7c56)cccc4c4c5ccccc5c5ccccc5c43)n2)cc1. The molecule has 0 spiro atoms. The van der Waals surface area contributed by atoms with Gasteiger partial charge in [-0.05, 0) is 39.9 Å². The van der Waals surface area contributed by atoms with Crippen LogP contribution in [0.2, 0.25) is 0 Å². The van der Waals surface area contributed by atoms with Crippen molar-refractivity contribution in [2.45, 2.75) is 0 Å². The molecule has 3 aromatic heterocycles. The molecular weight excluding hydrogens is 635 g/mol. The first-order chi connectivity index (χ1) is 25.8. The van der Waals surface area contributed by atoms with Gasteiger partial charge in [0.1, 0.15) is 11.2 Å². The van der Waals surface area contributed by atoms with E-state index in [1.54, 1.807) is 0 Å². The average molecular weight is 664 g/mol. The maximum Gasteiger partial charge on any atom is 0.235 e. The van der Waals surface area contributed by atoms with Gasteiger partial charge in [-0.2, -0.15) is 0 Å². The molecule has 0 aliphatic heterocycles. The third-order valence-electron chi connectivity index (χ3n) is 10.4. The number of aromatic nitrogens is 3. The van der Waals surface area contributed by atoms with Gasteiger partial charge in [-0.15, -0.1) is 0 Å². The minimum Gasteiger partial charge on any atom is -0.456 e. The lowest BCUT2D eigenvalue weighted by Crippen LogP contribution is -2.05. The van der Waals surface area contributed by atoms with Gasteiger partial charge in [0, 0.05) is 43.6 Å². The smallest absolute Gasteiger partial charge is 0.235 e. The van der Waals surface area contributed by atoms with Crippen molar-refractivity contribution in [1.82, 2.24) is 14.5 Å². The zero-order valence-corrected chi connectivity index (χ0v) is 28.0. The highest BCUT2D eigenvalue weighted by Gasteiger charge is 2.25. The lowest BCUT2D eigenvalue weighted by atomic mass is 9.95. The number of hydrogen-bond acceptors (Lipinski definition) is 3. The highest BCUT2D eigenvalue weighted by atomic mass is 16.3. The van der Waals surface area contributed by atoms with E-state index in [0.717, 1.165) is 77.4 Å². The van der Waals surface area contributed by atoms with Crippen LogP contribution in [-0.2, 0) is 0 Å². The summed E-state index contributed by atoms with van der Waals surface area (Å²) in [4.78, 5) is 10.9. The minimum atomic E-state index is 0.623. The van der Waals surface area contributed by atoms with Crippen LogP contribution in [-0.4, -0.2) is 14.5 Å². The fourth-order valence-electron chi connectivity index (χ4n) is 8.19. The Balaban J connectivity index is 1.37. The minimum absolute atomic E-state index is 0.623. The van der Waals surface area contributed by atoms with Crippen LogP contribution in [0.5, 0.6) is 0 Å². The highest BCUT2D eigenvalue weighted by Crippen LogP contribution is 2.46. The standard InChI is InChI=1S/C48H29N3O/c1-3-15-30(16-4-1)40-29-41(31-17-5-2-6-18-31)50-48(49-40)51-46-37(35-24-14-28-43-44(35)38-23-11-12-27-42(38)52-43)25-13-26-39(46)45-34-21-9-7-19-32(34)33-20-8-10-22-36(33)47(45)51/h1-29H. The van der Waals surface area contributed by atoms with Crippen molar-refractivity contribution in [3.8, 4) is 39.6 Å². The summed E-state index contributed by atoms with van der Waals surface area (Å²) >= 11 is 0. The van der Waals surface area contributed by atoms with E-state index in [4.69, 9.17) is 14.4 Å². The molecule has 0 N–H and O–H groups in total. The van der Waals surface area contributed by atoms with E-state index in [-0.39, 0.29) is 0 Å². The van der Waals surface area contributed by atoms with E-state index in [1.165, 1.54) is 21.5 Å². The Morgan fingerprint density at radius 1 is 0.365 bits per heavy atom. The van der Waals surface area contributed by atoms with E-state index < -0.39 is 0 Å². The van der Waals surface area contributed by atoms with Crippen LogP contribution in [0.3, 0.4) is 0 Å². The van der Waals surface area contributed by atoms with Crippen molar-refractivity contribution < 1.29 is 4.42 Å². The summed E-state index contributed by atoms with van der Waals surface area (Å²) in [5.41, 5.74) is 9.89. The number of fused-ring (bicyclic) bond motifs is 11. The molecule has 3 heterocycles. The Labute approximate surface area is 298 Å². The maximum atomic E-state index is 6.41. The van der Waals surface area contributed by atoms with Crippen LogP contribution in [0.25, 0.3) is 105 Å². The van der Waals surface area contributed by atoms with E-state index >= 15 is 0 Å². The monoisotopic (exact) mass is 663 g/mol. The van der Waals surface area contributed by atoms with Gasteiger partial charge in [-0.3, -0.25) is 4.57 Å². The van der Waals surface area contributed by atoms with Crippen molar-refractivity contribution >= 4 is 65.3 Å². The predicted octanol–water partition coefficient (Wildman–Crippen LogP) is 12.8. The second-order valence-electron chi connectivity index (χ2n) is 13.3. The molecule has 4 heteroatoms. The summed E-state index contributed by atoms with van der Waals surface area (Å²) in [5, 5.41) is 9.30. The lowest BCUT2D eigenvalue weighted by Gasteiger charge is -2.15. The van der Waals surface area contributed by atoms with Crippen LogP contribution in [0, 0.1) is 0 Å². The van der Waals surface area contributed by atoms with Crippen LogP contribution in [0.1, 0.15) is 0 Å². The largest absolute Gasteiger partial charge is 0.456 e. The second-order valence-corrected chi connectivity index (χ2v) is 13.3. The van der Waals surface area contributed by atoms with Gasteiger partial charge in [0.05, 0.1) is 22.4 Å². The predicted molar refractivity (Wildman–Crippen MR) is 215 cm³/mol. The number of hydrogen-bond donors (Lipinski definition) is 0. The average Bonchev–Trinajstić information content (AvgIpc) is 3.78. The van der Waals surface area contributed by atoms with Crippen molar-refractivity contribution in [1.29, 1.82) is 0 Å². The zero-order chi connectivity index (χ0) is 34.2. The van der Waals surface area contributed by atoms with Crippen molar-refractivity contribution in [3.05, 3.63) is 176 Å². The maximum absolute atomic E-state index is 6.41. The molecule has 11 aromatic rings. The van der Waals surface area contributed by atoms with Crippen molar-refractivity contribution in [2.75, 3.05) is 0 Å². The summed E-state index contributed by atoms with van der Waals surface area (Å²) in [6.07, 6.45) is 0. The van der Waals surface area contributed by atoms with Crippen LogP contribution in [0.4, 0.5) is 0 Å².